The van der Waals surface area contributed by atoms with Gasteiger partial charge in [0.25, 0.3) is 0 Å². The molecule has 7 rings (SSSR count). The molecule has 0 unspecified atom stereocenters. The number of phenolic OH excluding ortho intramolecular Hbond substituents is 1. The van der Waals surface area contributed by atoms with Gasteiger partial charge < -0.3 is 152 Å². The summed E-state index contributed by atoms with van der Waals surface area (Å²) in [5.41, 5.74) is 13.4. The summed E-state index contributed by atoms with van der Waals surface area (Å²) in [6.45, 7) is 5.65. The molecule has 0 saturated carbocycles. The summed E-state index contributed by atoms with van der Waals surface area (Å²) in [5.74, 6) is -23.1. The van der Waals surface area contributed by atoms with Gasteiger partial charge in [0.2, 0.25) is 124 Å². The second kappa shape index (κ2) is 61.1. The number of rotatable bonds is 61. The first kappa shape index (κ1) is 122. The van der Waals surface area contributed by atoms with Crippen molar-refractivity contribution < 1.29 is 131 Å². The number of aromatic nitrogens is 3. The molecule has 150 heavy (non-hydrogen) atoms. The topological polar surface area (TPSA) is 796 Å². The summed E-state index contributed by atoms with van der Waals surface area (Å²) in [5, 5.41) is 96.4. The maximum atomic E-state index is 15.0. The number of carbonyl (C=O) groups excluding carboxylic acids is 21. The van der Waals surface area contributed by atoms with Gasteiger partial charge in [-0.25, -0.2) is 4.98 Å². The normalized spacial score (nSPS) is 16.2. The fraction of sp³-hybridized carbons (Fsp3) is 0.531. The number of aliphatic hydroxyl groups is 3. The zero-order valence-corrected chi connectivity index (χ0v) is 85.8. The maximum Gasteiger partial charge on any atom is 0.322 e. The van der Waals surface area contributed by atoms with Gasteiger partial charge in [-0.05, 0) is 125 Å². The van der Waals surface area contributed by atoms with E-state index >= 15 is 4.79 Å². The molecule has 0 aliphatic carbocycles. The van der Waals surface area contributed by atoms with Crippen LogP contribution >= 0.6 is 25.3 Å². The van der Waals surface area contributed by atoms with Crippen molar-refractivity contribution in [1.82, 2.24) is 120 Å². The van der Waals surface area contributed by atoms with E-state index in [4.69, 9.17) is 16.6 Å². The number of aromatic amines is 2. The van der Waals surface area contributed by atoms with Crippen LogP contribution in [0.4, 0.5) is 0 Å². The Hall–Kier alpha value is -14.9. The van der Waals surface area contributed by atoms with Crippen molar-refractivity contribution in [2.24, 2.45) is 23.3 Å². The van der Waals surface area contributed by atoms with Gasteiger partial charge >= 0.3 is 5.97 Å². The van der Waals surface area contributed by atoms with Crippen LogP contribution in [0.3, 0.4) is 0 Å². The summed E-state index contributed by atoms with van der Waals surface area (Å²) in [6.07, 6.45) is 0.0670. The molecule has 3 aromatic carbocycles. The standard InChI is InChI=1S/C96H137N25O27S2/c1-49(2)33-63(86(138)119-81(52(6)124)95(147)113-66(36-56-38-101-60-20-12-11-19-59(56)60)87(139)118-79(50(3)4)93(145)116-70(47-150)89(141)108-62(21-13-14-30-97)96(148)121-32-16-23-72(121)92(144)107-61(28-29-73(98)127)82(134)104-41-75(129)103-44-78(132)133)111-91(143)71-22-15-31-120(71)77(131)43-105-83(135)64(34-54-17-9-8-10-18-54)109-85(137)67(37-57-39-99-48-106-57)110-90(142)69(46-149)115-88(140)68(45-122)114-84(136)65(35-55-24-26-58(126)27-25-55)112-94(146)80(51(5)123)117-76(130)42-102-74(128)40-100-53(7)125/h8-12,17-20,24-27,38-39,48-52,61-72,79-81,101,122-124,126,149-150H,13-16,21-23,28-37,40-47,97H2,1-7H3,(H2,98,127)(H,99,106)(H,100,125)(H,102,128)(H,103,129)(H,104,134)(H,105,135)(H,107,144)(H,108,141)(H,109,137)(H,110,142)(H,111,143)(H,112,146)(H,113,147)(H,114,136)(H,115,140)(H,116,145)(H,117,130)(H,118,139)(H,119,138)(H,132,133)/t51-,52-,61+,62+,63+,64+,65+,66+,67+,68+,69+,70+,71+,72+,79+,80+,81+/m1/s1. The van der Waals surface area contributed by atoms with Crippen molar-refractivity contribution in [2.45, 2.75) is 241 Å². The highest BCUT2D eigenvalue weighted by Crippen LogP contribution is 2.25. The number of nitrogens with one attached hydrogen (secondary N) is 20. The highest BCUT2D eigenvalue weighted by Gasteiger charge is 2.44. The van der Waals surface area contributed by atoms with Gasteiger partial charge in [-0.1, -0.05) is 88.4 Å². The van der Waals surface area contributed by atoms with Crippen molar-refractivity contribution in [3.8, 4) is 5.75 Å². The molecule has 21 amide bonds. The van der Waals surface area contributed by atoms with E-state index in [9.17, 15) is 121 Å². The number of likely N-dealkylation sites (tertiary alicyclic amines) is 2. The molecular formula is C96H137N25O27S2. The first-order valence-electron chi connectivity index (χ1n) is 48.8. The number of phenols is 1. The Bertz CT molecular complexity index is 5530. The van der Waals surface area contributed by atoms with Gasteiger partial charge in [-0.2, -0.15) is 25.3 Å². The minimum Gasteiger partial charge on any atom is -0.508 e. The van der Waals surface area contributed by atoms with Crippen LogP contribution in [-0.2, 0) is 131 Å². The van der Waals surface area contributed by atoms with Gasteiger partial charge in [-0.3, -0.25) is 105 Å². The summed E-state index contributed by atoms with van der Waals surface area (Å²) in [6, 6.07) is -2.89. The highest BCUT2D eigenvalue weighted by molar-refractivity contribution is 7.80. The number of imidazole rings is 1. The van der Waals surface area contributed by atoms with Gasteiger partial charge in [-0.15, -0.1) is 0 Å². The van der Waals surface area contributed by atoms with Crippen LogP contribution in [0.5, 0.6) is 5.75 Å². The number of carboxylic acids is 1. The monoisotopic (exact) mass is 2140 g/mol. The summed E-state index contributed by atoms with van der Waals surface area (Å²) in [4.78, 5) is 314. The predicted octanol–water partition coefficient (Wildman–Crippen LogP) is -8.45. The van der Waals surface area contributed by atoms with Crippen LogP contribution in [-0.4, -0.2) is 354 Å². The Morgan fingerprint density at radius 2 is 0.913 bits per heavy atom. The molecule has 29 N–H and O–H groups in total. The average molecular weight is 2140 g/mol. The van der Waals surface area contributed by atoms with Crippen LogP contribution in [0.2, 0.25) is 0 Å². The number of unbranched alkanes of at least 4 members (excludes halogenated alkanes) is 1. The number of aliphatic carboxylic acids is 1. The van der Waals surface area contributed by atoms with Crippen LogP contribution in [0, 0.1) is 11.8 Å². The van der Waals surface area contributed by atoms with Crippen LogP contribution in [0.15, 0.2) is 97.6 Å². The number of H-pyrrole nitrogens is 2. The molecule has 2 saturated heterocycles. The molecule has 2 aliphatic heterocycles. The van der Waals surface area contributed by atoms with Crippen molar-refractivity contribution in [3.05, 3.63) is 120 Å². The quantitative estimate of drug-likeness (QED) is 0.0127. The molecule has 2 aliphatic rings. The van der Waals surface area contributed by atoms with E-state index in [0.29, 0.717) is 34.0 Å². The van der Waals surface area contributed by atoms with E-state index in [1.165, 1.54) is 53.5 Å². The Morgan fingerprint density at radius 3 is 1.47 bits per heavy atom. The number of aromatic hydroxyl groups is 1. The molecular weight excluding hydrogens is 2000 g/mol. The molecule has 2 fully saturated rings. The maximum absolute atomic E-state index is 15.0. The molecule has 820 valence electrons. The zero-order valence-electron chi connectivity index (χ0n) is 84.0. The second-order valence-electron chi connectivity index (χ2n) is 37.0. The minimum absolute atomic E-state index is 0.000620. The van der Waals surface area contributed by atoms with E-state index in [0.717, 1.165) is 13.8 Å². The Labute approximate surface area is 873 Å². The van der Waals surface area contributed by atoms with Gasteiger partial charge in [0.05, 0.1) is 51.3 Å². The van der Waals surface area contributed by atoms with Gasteiger partial charge in [0.1, 0.15) is 103 Å². The Morgan fingerprint density at radius 1 is 0.453 bits per heavy atom. The number of thiol groups is 2. The first-order valence-corrected chi connectivity index (χ1v) is 50.1. The SMILES string of the molecule is CC(=O)NCC(=O)NCC(=O)N[C@H](C(=O)N[C@@H](Cc1ccc(O)cc1)C(=O)N[C@@H](CO)C(=O)N[C@@H](CS)C(=O)N[C@@H](Cc1cnc[nH]1)C(=O)N[C@@H](Cc1ccccc1)C(=O)NCC(=O)N1CCC[C@H]1C(=O)N[C@@H](CC(C)C)C(=O)N[C@H](C(=O)N[C@@H](Cc1c[nH]c2ccccc12)C(=O)N[C@H](C(=O)N[C@@H](CS)C(=O)N[C@@H](CCCCN)C(=O)N1CCC[C@H]1C(=O)N[C@@H](CCC(N)=O)C(=O)NCC(=O)NCC(=O)O)C(C)C)[C@@H](C)O)[C@@H](C)O. The van der Waals surface area contributed by atoms with E-state index in [2.05, 4.69) is 136 Å². The van der Waals surface area contributed by atoms with E-state index in [1.54, 1.807) is 88.5 Å². The fourth-order valence-electron chi connectivity index (χ4n) is 16.2. The average Bonchev–Trinajstić information content (AvgIpc) is 1.65. The third kappa shape index (κ3) is 39.3. The zero-order chi connectivity index (χ0) is 111. The Balaban J connectivity index is 1.01. The largest absolute Gasteiger partial charge is 0.508 e. The highest BCUT2D eigenvalue weighted by atomic mass is 32.1. The number of benzene rings is 3. The number of aliphatic hydroxyl groups excluding tert-OH is 3. The summed E-state index contributed by atoms with van der Waals surface area (Å²) < 4.78 is 0. The molecule has 17 atom stereocenters. The number of carboxylic acid groups (broad SMARTS) is 1. The lowest BCUT2D eigenvalue weighted by molar-refractivity contribution is -0.142. The second-order valence-corrected chi connectivity index (χ2v) is 37.7. The number of fused-ring (bicyclic) bond motifs is 1. The van der Waals surface area contributed by atoms with Crippen molar-refractivity contribution in [1.29, 1.82) is 0 Å². The smallest absolute Gasteiger partial charge is 0.322 e. The minimum atomic E-state index is -1.89. The first-order chi connectivity index (χ1) is 71.2. The van der Waals surface area contributed by atoms with E-state index in [-0.39, 0.29) is 120 Å². The van der Waals surface area contributed by atoms with Gasteiger partial charge in [0.15, 0.2) is 0 Å². The number of hydrogen-bond donors (Lipinski definition) is 29. The number of para-hydroxylation sites is 1. The molecule has 54 heteroatoms. The molecule has 0 bridgehead atoms. The Kier molecular flexibility index (Phi) is 49.7. The third-order valence-electron chi connectivity index (χ3n) is 24.3. The number of hydrogen-bond acceptors (Lipinski definition) is 30. The predicted molar refractivity (Wildman–Crippen MR) is 543 cm³/mol. The third-order valence-corrected chi connectivity index (χ3v) is 25.0. The van der Waals surface area contributed by atoms with Crippen LogP contribution < -0.4 is 107 Å². The summed E-state index contributed by atoms with van der Waals surface area (Å²) >= 11 is 8.66. The number of carbonyl (C=O) groups is 22. The summed E-state index contributed by atoms with van der Waals surface area (Å²) in [7, 11) is 0. The van der Waals surface area contributed by atoms with Gasteiger partial charge in [0, 0.05) is 92.6 Å². The van der Waals surface area contributed by atoms with E-state index in [1.807, 2.05) is 0 Å². The molecule has 5 aromatic rings. The molecule has 4 heterocycles. The molecule has 52 nitrogen and oxygen atoms in total. The lowest BCUT2D eigenvalue weighted by Gasteiger charge is -2.31. The van der Waals surface area contributed by atoms with Crippen molar-refractivity contribution >= 4 is 166 Å². The molecule has 0 spiro atoms. The number of nitrogens with two attached hydrogens (primary N) is 2. The van der Waals surface area contributed by atoms with Crippen molar-refractivity contribution in [3.63, 3.8) is 0 Å². The fourth-order valence-corrected chi connectivity index (χ4v) is 16.8. The molecule has 0 radical (unpaired) electrons. The number of nitrogens with zero attached hydrogens (tertiary/aromatic N) is 3. The van der Waals surface area contributed by atoms with Crippen LogP contribution in [0.1, 0.15) is 135 Å². The van der Waals surface area contributed by atoms with E-state index < -0.39 is 290 Å². The lowest BCUT2D eigenvalue weighted by atomic mass is 9.99. The molecule has 2 aromatic heterocycles. The number of amides is 21. The van der Waals surface area contributed by atoms with Crippen molar-refractivity contribution in [2.75, 3.05) is 70.5 Å². The number of primary amides is 1. The van der Waals surface area contributed by atoms with Crippen LogP contribution in [0.25, 0.3) is 10.9 Å². The lowest BCUT2D eigenvalue weighted by Crippen LogP contribution is -2.62.